The normalized spacial score (nSPS) is 21.5. The average Bonchev–Trinajstić information content (AvgIpc) is 3.21. The number of carbonyl (C=O) groups excluding carboxylic acids is 1. The van der Waals surface area contributed by atoms with Crippen molar-refractivity contribution in [2.45, 2.75) is 32.2 Å². The molecule has 0 bridgehead atoms. The van der Waals surface area contributed by atoms with Gasteiger partial charge in [0, 0.05) is 43.9 Å². The van der Waals surface area contributed by atoms with E-state index in [4.69, 9.17) is 0 Å². The number of hydrogen-bond donors (Lipinski definition) is 0. The van der Waals surface area contributed by atoms with E-state index in [0.717, 1.165) is 50.8 Å². The summed E-state index contributed by atoms with van der Waals surface area (Å²) in [4.78, 5) is 25.7. The van der Waals surface area contributed by atoms with Crippen LogP contribution in [-0.4, -0.2) is 51.9 Å². The van der Waals surface area contributed by atoms with E-state index in [2.05, 4.69) is 25.8 Å². The molecule has 5 heteroatoms. The molecule has 2 aromatic rings. The van der Waals surface area contributed by atoms with Crippen LogP contribution in [-0.2, 0) is 17.8 Å². The smallest absolute Gasteiger partial charge is 0.228 e. The van der Waals surface area contributed by atoms with E-state index in [9.17, 15) is 4.79 Å². The number of hydrogen-bond acceptors (Lipinski definition) is 4. The predicted molar refractivity (Wildman–Crippen MR) is 105 cm³/mol. The number of rotatable bonds is 5. The molecule has 27 heavy (non-hydrogen) atoms. The Bertz CT molecular complexity index is 728. The molecule has 0 radical (unpaired) electrons. The van der Waals surface area contributed by atoms with Gasteiger partial charge >= 0.3 is 0 Å². The topological polar surface area (TPSA) is 49.3 Å². The highest BCUT2D eigenvalue weighted by Gasteiger charge is 2.33. The molecule has 2 saturated heterocycles. The summed E-state index contributed by atoms with van der Waals surface area (Å²) >= 11 is 0. The summed E-state index contributed by atoms with van der Waals surface area (Å²) in [6.45, 7) is 5.14. The van der Waals surface area contributed by atoms with Gasteiger partial charge in [0.2, 0.25) is 5.91 Å². The van der Waals surface area contributed by atoms with Gasteiger partial charge in [-0.1, -0.05) is 12.1 Å². The largest absolute Gasteiger partial charge is 0.342 e. The van der Waals surface area contributed by atoms with Crippen molar-refractivity contribution in [3.8, 4) is 0 Å². The van der Waals surface area contributed by atoms with Crippen LogP contribution >= 0.6 is 0 Å². The number of pyridine rings is 2. The number of amides is 1. The van der Waals surface area contributed by atoms with Crippen LogP contribution in [0.25, 0.3) is 0 Å². The summed E-state index contributed by atoms with van der Waals surface area (Å²) < 4.78 is 0. The maximum atomic E-state index is 12.6. The number of likely N-dealkylation sites (tertiary alicyclic amines) is 2. The molecule has 0 N–H and O–H groups in total. The number of carbonyl (C=O) groups is 1. The highest BCUT2D eigenvalue weighted by molar-refractivity contribution is 5.78. The second kappa shape index (κ2) is 8.61. The van der Waals surface area contributed by atoms with Gasteiger partial charge in [0.25, 0.3) is 0 Å². The number of piperidine rings is 1. The standard InChI is InChI=1S/C22H28N4O/c27-22(14-21-5-1-2-10-24-21)26-13-8-20(17-26)19-6-11-25(12-7-19)16-18-4-3-9-23-15-18/h1-5,9-10,15,19-20H,6-8,11-14,16-17H2. The predicted octanol–water partition coefficient (Wildman–Crippen LogP) is 2.78. The molecule has 2 aliphatic heterocycles. The first kappa shape index (κ1) is 18.1. The van der Waals surface area contributed by atoms with E-state index in [-0.39, 0.29) is 5.91 Å². The van der Waals surface area contributed by atoms with Crippen LogP contribution in [0.4, 0.5) is 0 Å². The van der Waals surface area contributed by atoms with Gasteiger partial charge in [0.1, 0.15) is 0 Å². The molecule has 0 saturated carbocycles. The molecule has 1 amide bonds. The first-order valence-electron chi connectivity index (χ1n) is 10.1. The maximum Gasteiger partial charge on any atom is 0.228 e. The van der Waals surface area contributed by atoms with Gasteiger partial charge in [-0.3, -0.25) is 19.7 Å². The third-order valence-corrected chi connectivity index (χ3v) is 6.06. The summed E-state index contributed by atoms with van der Waals surface area (Å²) in [5, 5.41) is 0. The molecule has 2 fully saturated rings. The monoisotopic (exact) mass is 364 g/mol. The van der Waals surface area contributed by atoms with Crippen LogP contribution in [0.3, 0.4) is 0 Å². The molecular formula is C22H28N4O. The summed E-state index contributed by atoms with van der Waals surface area (Å²) in [5.74, 6) is 1.64. The van der Waals surface area contributed by atoms with Gasteiger partial charge in [-0.05, 0) is 68.0 Å². The van der Waals surface area contributed by atoms with Crippen LogP contribution in [0.2, 0.25) is 0 Å². The lowest BCUT2D eigenvalue weighted by Crippen LogP contribution is -2.37. The van der Waals surface area contributed by atoms with Gasteiger partial charge < -0.3 is 4.90 Å². The van der Waals surface area contributed by atoms with E-state index in [1.54, 1.807) is 6.20 Å². The van der Waals surface area contributed by atoms with Crippen molar-refractivity contribution in [3.05, 3.63) is 60.2 Å². The first-order valence-corrected chi connectivity index (χ1v) is 10.1. The van der Waals surface area contributed by atoms with Crippen LogP contribution in [0.15, 0.2) is 48.9 Å². The van der Waals surface area contributed by atoms with Crippen LogP contribution in [0.1, 0.15) is 30.5 Å². The van der Waals surface area contributed by atoms with E-state index < -0.39 is 0 Å². The summed E-state index contributed by atoms with van der Waals surface area (Å²) in [6, 6.07) is 9.93. The van der Waals surface area contributed by atoms with Crippen molar-refractivity contribution in [2.24, 2.45) is 11.8 Å². The Morgan fingerprint density at radius 2 is 1.85 bits per heavy atom. The fraction of sp³-hybridized carbons (Fsp3) is 0.500. The molecule has 0 spiro atoms. The second-order valence-corrected chi connectivity index (χ2v) is 7.86. The van der Waals surface area contributed by atoms with Gasteiger partial charge in [0.15, 0.2) is 0 Å². The molecule has 1 unspecified atom stereocenters. The minimum atomic E-state index is 0.227. The first-order chi connectivity index (χ1) is 13.3. The molecule has 0 aliphatic carbocycles. The van der Waals surface area contributed by atoms with Crippen molar-refractivity contribution in [2.75, 3.05) is 26.2 Å². The number of aromatic nitrogens is 2. The zero-order valence-electron chi connectivity index (χ0n) is 15.8. The highest BCUT2D eigenvalue weighted by Crippen LogP contribution is 2.32. The molecule has 142 valence electrons. The van der Waals surface area contributed by atoms with Crippen LogP contribution in [0, 0.1) is 11.8 Å². The zero-order valence-corrected chi connectivity index (χ0v) is 15.8. The summed E-state index contributed by atoms with van der Waals surface area (Å²) in [7, 11) is 0. The maximum absolute atomic E-state index is 12.6. The Morgan fingerprint density at radius 3 is 2.59 bits per heavy atom. The average molecular weight is 364 g/mol. The molecular weight excluding hydrogens is 336 g/mol. The van der Waals surface area contributed by atoms with Gasteiger partial charge in [-0.25, -0.2) is 0 Å². The van der Waals surface area contributed by atoms with Crippen molar-refractivity contribution in [1.29, 1.82) is 0 Å². The Morgan fingerprint density at radius 1 is 1.00 bits per heavy atom. The molecule has 2 aromatic heterocycles. The Kier molecular flexibility index (Phi) is 5.78. The van der Waals surface area contributed by atoms with E-state index >= 15 is 0 Å². The second-order valence-electron chi connectivity index (χ2n) is 7.86. The minimum absolute atomic E-state index is 0.227. The third kappa shape index (κ3) is 4.72. The van der Waals surface area contributed by atoms with Crippen molar-refractivity contribution in [3.63, 3.8) is 0 Å². The Hall–Kier alpha value is -2.27. The van der Waals surface area contributed by atoms with Crippen LogP contribution in [0.5, 0.6) is 0 Å². The minimum Gasteiger partial charge on any atom is -0.342 e. The lowest BCUT2D eigenvalue weighted by atomic mass is 9.83. The van der Waals surface area contributed by atoms with Crippen molar-refractivity contribution >= 4 is 5.91 Å². The molecule has 1 atom stereocenters. The molecule has 5 nitrogen and oxygen atoms in total. The van der Waals surface area contributed by atoms with Gasteiger partial charge in [-0.15, -0.1) is 0 Å². The highest BCUT2D eigenvalue weighted by atomic mass is 16.2. The van der Waals surface area contributed by atoms with Gasteiger partial charge in [-0.2, -0.15) is 0 Å². The fourth-order valence-corrected chi connectivity index (χ4v) is 4.50. The SMILES string of the molecule is O=C(Cc1ccccn1)N1CCC(C2CCN(Cc3cccnc3)CC2)C1. The van der Waals surface area contributed by atoms with Crippen LogP contribution < -0.4 is 0 Å². The fourth-order valence-electron chi connectivity index (χ4n) is 4.50. The van der Waals surface area contributed by atoms with Gasteiger partial charge in [0.05, 0.1) is 6.42 Å². The van der Waals surface area contributed by atoms with E-state index in [1.807, 2.05) is 36.7 Å². The quantitative estimate of drug-likeness (QED) is 0.819. The van der Waals surface area contributed by atoms with Crippen molar-refractivity contribution in [1.82, 2.24) is 19.8 Å². The lowest BCUT2D eigenvalue weighted by Gasteiger charge is -2.34. The molecule has 4 heterocycles. The Balaban J connectivity index is 1.23. The molecule has 2 aliphatic rings. The Labute approximate surface area is 161 Å². The summed E-state index contributed by atoms with van der Waals surface area (Å²) in [5.41, 5.74) is 2.16. The molecule has 4 rings (SSSR count). The number of nitrogens with zero attached hydrogens (tertiary/aromatic N) is 4. The van der Waals surface area contributed by atoms with Crippen molar-refractivity contribution < 1.29 is 4.79 Å². The third-order valence-electron chi connectivity index (χ3n) is 6.06. The van der Waals surface area contributed by atoms with E-state index in [1.165, 1.54) is 18.4 Å². The van der Waals surface area contributed by atoms with E-state index in [0.29, 0.717) is 12.3 Å². The molecule has 0 aromatic carbocycles. The zero-order chi connectivity index (χ0) is 18.5. The lowest BCUT2D eigenvalue weighted by molar-refractivity contribution is -0.129. The summed E-state index contributed by atoms with van der Waals surface area (Å²) in [6.07, 6.45) is 9.62.